The lowest BCUT2D eigenvalue weighted by atomic mass is 9.78. The van der Waals surface area contributed by atoms with Crippen molar-refractivity contribution in [2.24, 2.45) is 0 Å². The smallest absolute Gasteiger partial charge is 0.231 e. The topological polar surface area (TPSA) is 40.2 Å². The van der Waals surface area contributed by atoms with Crippen LogP contribution in [0, 0.1) is 0 Å². The van der Waals surface area contributed by atoms with Crippen molar-refractivity contribution in [3.63, 3.8) is 0 Å². The molecule has 2 unspecified atom stereocenters. The normalized spacial score (nSPS) is 20.2. The van der Waals surface area contributed by atoms with E-state index in [9.17, 15) is 0 Å². The molecule has 0 saturated heterocycles. The first-order valence-corrected chi connectivity index (χ1v) is 11.2. The van der Waals surface area contributed by atoms with Crippen molar-refractivity contribution < 1.29 is 18.9 Å². The Morgan fingerprint density at radius 3 is 2.48 bits per heavy atom. The molecule has 3 heterocycles. The van der Waals surface area contributed by atoms with Crippen molar-refractivity contribution in [3.05, 3.63) is 82.4 Å². The summed E-state index contributed by atoms with van der Waals surface area (Å²) >= 11 is 0. The Bertz CT molecular complexity index is 1170. The van der Waals surface area contributed by atoms with Gasteiger partial charge in [0.2, 0.25) is 6.79 Å². The van der Waals surface area contributed by atoms with Crippen LogP contribution in [-0.4, -0.2) is 32.5 Å². The van der Waals surface area contributed by atoms with Crippen LogP contribution in [0.4, 0.5) is 0 Å². The van der Waals surface area contributed by atoms with Gasteiger partial charge >= 0.3 is 0 Å². The highest BCUT2D eigenvalue weighted by molar-refractivity contribution is 5.85. The van der Waals surface area contributed by atoms with E-state index in [0.29, 0.717) is 12.8 Å². The Labute approximate surface area is 200 Å². The number of methoxy groups -OCH3 is 2. The number of rotatable bonds is 4. The van der Waals surface area contributed by atoms with E-state index in [0.717, 1.165) is 48.8 Å². The Morgan fingerprint density at radius 1 is 0.939 bits per heavy atom. The van der Waals surface area contributed by atoms with Crippen molar-refractivity contribution >= 4 is 12.4 Å². The van der Waals surface area contributed by atoms with Crippen LogP contribution in [-0.2, 0) is 19.3 Å². The molecule has 172 valence electrons. The predicted octanol–water partition coefficient (Wildman–Crippen LogP) is 5.29. The maximum Gasteiger partial charge on any atom is 0.231 e. The van der Waals surface area contributed by atoms with Gasteiger partial charge in [-0.1, -0.05) is 36.4 Å². The van der Waals surface area contributed by atoms with Crippen molar-refractivity contribution in [1.29, 1.82) is 0 Å². The quantitative estimate of drug-likeness (QED) is 0.523. The first-order valence-electron chi connectivity index (χ1n) is 11.2. The minimum Gasteiger partial charge on any atom is -0.493 e. The number of halogens is 1. The molecule has 0 fully saturated rings. The number of fused-ring (bicyclic) bond motifs is 5. The molecule has 0 radical (unpaired) electrons. The number of nitrogens with zero attached hydrogens (tertiary/aromatic N) is 1. The van der Waals surface area contributed by atoms with Crippen LogP contribution < -0.4 is 18.9 Å². The fraction of sp³-hybridized carbons (Fsp3) is 0.333. The molecule has 6 heteroatoms. The molecule has 0 amide bonds. The summed E-state index contributed by atoms with van der Waals surface area (Å²) in [5, 5.41) is 0. The predicted molar refractivity (Wildman–Crippen MR) is 129 cm³/mol. The molecule has 2 atom stereocenters. The van der Waals surface area contributed by atoms with E-state index in [1.54, 1.807) is 14.2 Å². The maximum absolute atomic E-state index is 5.92. The van der Waals surface area contributed by atoms with Gasteiger partial charge in [-0.15, -0.1) is 12.4 Å². The second kappa shape index (κ2) is 8.81. The molecule has 3 aromatic rings. The molecule has 0 bridgehead atoms. The lowest BCUT2D eigenvalue weighted by Crippen LogP contribution is -2.43. The number of hydrogen-bond donors (Lipinski definition) is 0. The van der Waals surface area contributed by atoms with Crippen LogP contribution in [0.15, 0.2) is 54.6 Å². The summed E-state index contributed by atoms with van der Waals surface area (Å²) in [5.41, 5.74) is 6.65. The highest BCUT2D eigenvalue weighted by Gasteiger charge is 2.41. The highest BCUT2D eigenvalue weighted by atomic mass is 35.5. The van der Waals surface area contributed by atoms with E-state index >= 15 is 0 Å². The molecule has 3 aromatic carbocycles. The summed E-state index contributed by atoms with van der Waals surface area (Å²) in [6.45, 7) is 1.30. The van der Waals surface area contributed by atoms with Gasteiger partial charge in [-0.05, 0) is 59.7 Å². The van der Waals surface area contributed by atoms with Gasteiger partial charge in [0.25, 0.3) is 0 Å². The van der Waals surface area contributed by atoms with E-state index in [1.165, 1.54) is 27.8 Å². The SMILES string of the molecule is COc1ccc2c(c1OC)C(Cc1ccccc1)N1CCc3cc4c(cc3C1C2)OCO4.Cl. The Morgan fingerprint density at radius 2 is 1.73 bits per heavy atom. The molecule has 6 rings (SSSR count). The molecule has 3 aliphatic heterocycles. The fourth-order valence-electron chi connectivity index (χ4n) is 5.68. The Hall–Kier alpha value is -2.89. The van der Waals surface area contributed by atoms with Gasteiger partial charge in [0.1, 0.15) is 0 Å². The van der Waals surface area contributed by atoms with Gasteiger partial charge in [0.15, 0.2) is 23.0 Å². The molecule has 5 nitrogen and oxygen atoms in total. The zero-order valence-corrected chi connectivity index (χ0v) is 19.7. The van der Waals surface area contributed by atoms with E-state index in [-0.39, 0.29) is 18.4 Å². The van der Waals surface area contributed by atoms with Crippen LogP contribution in [0.1, 0.15) is 39.9 Å². The largest absolute Gasteiger partial charge is 0.493 e. The molecule has 33 heavy (non-hydrogen) atoms. The second-order valence-electron chi connectivity index (χ2n) is 8.69. The highest BCUT2D eigenvalue weighted by Crippen LogP contribution is 2.51. The van der Waals surface area contributed by atoms with Crippen molar-refractivity contribution in [3.8, 4) is 23.0 Å². The Kier molecular flexibility index (Phi) is 5.85. The summed E-state index contributed by atoms with van der Waals surface area (Å²) in [5.74, 6) is 3.40. The van der Waals surface area contributed by atoms with E-state index < -0.39 is 0 Å². The lowest BCUT2D eigenvalue weighted by molar-refractivity contribution is 0.103. The van der Waals surface area contributed by atoms with Crippen LogP contribution in [0.25, 0.3) is 0 Å². The summed E-state index contributed by atoms with van der Waals surface area (Å²) in [6.07, 6.45) is 2.86. The number of ether oxygens (including phenoxy) is 4. The standard InChI is InChI=1S/C27H27NO4.ClH/c1-29-23-9-8-19-13-21-20-15-25-24(31-16-32-25)14-18(20)10-11-28(21)22(26(19)27(23)30-2)12-17-6-4-3-5-7-17;/h3-9,14-15,21-22H,10-13,16H2,1-2H3;1H. The summed E-state index contributed by atoms with van der Waals surface area (Å²) < 4.78 is 23.0. The van der Waals surface area contributed by atoms with Crippen LogP contribution in [0.2, 0.25) is 0 Å². The molecular weight excluding hydrogens is 438 g/mol. The molecule has 0 N–H and O–H groups in total. The monoisotopic (exact) mass is 465 g/mol. The van der Waals surface area contributed by atoms with Crippen LogP contribution in [0.5, 0.6) is 23.0 Å². The molecule has 0 aromatic heterocycles. The first kappa shape index (κ1) is 21.9. The third-order valence-electron chi connectivity index (χ3n) is 7.13. The van der Waals surface area contributed by atoms with Gasteiger partial charge < -0.3 is 18.9 Å². The average molecular weight is 466 g/mol. The third-order valence-corrected chi connectivity index (χ3v) is 7.13. The van der Waals surface area contributed by atoms with Gasteiger partial charge in [0, 0.05) is 24.2 Å². The Balaban J connectivity index is 0.00000228. The molecule has 0 saturated carbocycles. The number of benzene rings is 3. The van der Waals surface area contributed by atoms with Crippen molar-refractivity contribution in [2.75, 3.05) is 27.6 Å². The van der Waals surface area contributed by atoms with Crippen molar-refractivity contribution in [2.45, 2.75) is 31.3 Å². The van der Waals surface area contributed by atoms with Crippen molar-refractivity contribution in [1.82, 2.24) is 4.90 Å². The third kappa shape index (κ3) is 3.60. The van der Waals surface area contributed by atoms with Gasteiger partial charge in [-0.2, -0.15) is 0 Å². The molecule has 0 aliphatic carbocycles. The van der Waals surface area contributed by atoms with E-state index in [1.807, 2.05) is 6.07 Å². The van der Waals surface area contributed by atoms with Crippen LogP contribution in [0.3, 0.4) is 0 Å². The minimum atomic E-state index is 0. The second-order valence-corrected chi connectivity index (χ2v) is 8.69. The zero-order valence-electron chi connectivity index (χ0n) is 18.9. The zero-order chi connectivity index (χ0) is 21.7. The first-order chi connectivity index (χ1) is 15.8. The number of hydrogen-bond acceptors (Lipinski definition) is 5. The molecule has 3 aliphatic rings. The summed E-state index contributed by atoms with van der Waals surface area (Å²) in [4.78, 5) is 2.65. The average Bonchev–Trinajstić information content (AvgIpc) is 3.30. The van der Waals surface area contributed by atoms with Gasteiger partial charge in [-0.3, -0.25) is 4.90 Å². The molecule has 0 spiro atoms. The fourth-order valence-corrected chi connectivity index (χ4v) is 5.68. The summed E-state index contributed by atoms with van der Waals surface area (Å²) in [7, 11) is 3.46. The van der Waals surface area contributed by atoms with Gasteiger partial charge in [-0.25, -0.2) is 0 Å². The van der Waals surface area contributed by atoms with Gasteiger partial charge in [0.05, 0.1) is 14.2 Å². The lowest BCUT2D eigenvalue weighted by Gasteiger charge is -2.47. The van der Waals surface area contributed by atoms with Crippen LogP contribution >= 0.6 is 12.4 Å². The summed E-state index contributed by atoms with van der Waals surface area (Å²) in [6, 6.07) is 19.9. The minimum absolute atomic E-state index is 0. The van der Waals surface area contributed by atoms with E-state index in [4.69, 9.17) is 18.9 Å². The molecular formula is C27H28ClNO4. The van der Waals surface area contributed by atoms with E-state index in [2.05, 4.69) is 53.4 Å². The maximum atomic E-state index is 5.92.